The lowest BCUT2D eigenvalue weighted by molar-refractivity contribution is 0.340. The first-order chi connectivity index (χ1) is 9.29. The van der Waals surface area contributed by atoms with Gasteiger partial charge >= 0.3 is 0 Å². The van der Waals surface area contributed by atoms with E-state index >= 15 is 0 Å². The molecule has 2 rings (SSSR count). The minimum absolute atomic E-state index is 0.123. The third kappa shape index (κ3) is 2.40. The molecule has 1 aliphatic rings. The molecular formula is C18H23ClO. The van der Waals surface area contributed by atoms with Crippen molar-refractivity contribution in [3.63, 3.8) is 0 Å². The van der Waals surface area contributed by atoms with Gasteiger partial charge in [0.25, 0.3) is 0 Å². The molecule has 20 heavy (non-hydrogen) atoms. The van der Waals surface area contributed by atoms with Gasteiger partial charge in [-0.15, -0.1) is 0 Å². The van der Waals surface area contributed by atoms with Crippen molar-refractivity contribution in [3.05, 3.63) is 46.0 Å². The second kappa shape index (κ2) is 5.29. The van der Waals surface area contributed by atoms with Crippen LogP contribution in [-0.4, -0.2) is 7.11 Å². The van der Waals surface area contributed by atoms with E-state index in [2.05, 4.69) is 46.8 Å². The zero-order valence-corrected chi connectivity index (χ0v) is 13.9. The van der Waals surface area contributed by atoms with Crippen molar-refractivity contribution in [3.8, 4) is 5.75 Å². The average molecular weight is 291 g/mol. The predicted octanol–water partition coefficient (Wildman–Crippen LogP) is 5.66. The second-order valence-electron chi connectivity index (χ2n) is 6.53. The Morgan fingerprint density at radius 2 is 1.70 bits per heavy atom. The summed E-state index contributed by atoms with van der Waals surface area (Å²) in [5.74, 6) is 1.24. The molecule has 1 aromatic rings. The maximum absolute atomic E-state index is 6.54. The summed E-state index contributed by atoms with van der Waals surface area (Å²) in [7, 11) is 1.72. The predicted molar refractivity (Wildman–Crippen MR) is 87.1 cm³/mol. The first kappa shape index (κ1) is 15.2. The van der Waals surface area contributed by atoms with Crippen LogP contribution in [0.3, 0.4) is 0 Å². The van der Waals surface area contributed by atoms with E-state index in [-0.39, 0.29) is 5.41 Å². The Morgan fingerprint density at radius 3 is 2.25 bits per heavy atom. The van der Waals surface area contributed by atoms with Crippen LogP contribution in [0, 0.1) is 11.3 Å². The van der Waals surface area contributed by atoms with E-state index < -0.39 is 0 Å². The zero-order valence-electron chi connectivity index (χ0n) is 13.2. The van der Waals surface area contributed by atoms with Gasteiger partial charge in [0.2, 0.25) is 0 Å². The number of halogens is 1. The summed E-state index contributed by atoms with van der Waals surface area (Å²) < 4.78 is 5.54. The van der Waals surface area contributed by atoms with Crippen LogP contribution < -0.4 is 4.74 Å². The van der Waals surface area contributed by atoms with Crippen LogP contribution in [0.2, 0.25) is 0 Å². The SMILES string of the molecule is COc1ccccc1C1=C(C)C(Cl)=C(C)C1C(C)(C)C. The lowest BCUT2D eigenvalue weighted by Gasteiger charge is -2.32. The first-order valence-corrected chi connectivity index (χ1v) is 7.37. The van der Waals surface area contributed by atoms with Gasteiger partial charge in [-0.2, -0.15) is 0 Å². The van der Waals surface area contributed by atoms with Crippen LogP contribution in [0.1, 0.15) is 40.2 Å². The third-order valence-corrected chi connectivity index (χ3v) is 4.65. The monoisotopic (exact) mass is 290 g/mol. The summed E-state index contributed by atoms with van der Waals surface area (Å²) in [6.45, 7) is 11.0. The zero-order chi connectivity index (χ0) is 15.1. The van der Waals surface area contributed by atoms with Crippen molar-refractivity contribution >= 4 is 17.2 Å². The van der Waals surface area contributed by atoms with E-state index in [1.165, 1.54) is 16.7 Å². The molecule has 0 fully saturated rings. The summed E-state index contributed by atoms with van der Waals surface area (Å²) in [5.41, 5.74) is 5.02. The molecule has 0 heterocycles. The van der Waals surface area contributed by atoms with Crippen molar-refractivity contribution in [1.29, 1.82) is 0 Å². The molecule has 2 heteroatoms. The van der Waals surface area contributed by atoms with Crippen molar-refractivity contribution in [2.75, 3.05) is 7.11 Å². The maximum atomic E-state index is 6.54. The topological polar surface area (TPSA) is 9.23 Å². The second-order valence-corrected chi connectivity index (χ2v) is 6.91. The van der Waals surface area contributed by atoms with Gasteiger partial charge in [0.05, 0.1) is 7.11 Å². The molecule has 0 saturated carbocycles. The van der Waals surface area contributed by atoms with Gasteiger partial charge in [0.15, 0.2) is 0 Å². The van der Waals surface area contributed by atoms with Gasteiger partial charge in [0, 0.05) is 16.5 Å². The summed E-state index contributed by atoms with van der Waals surface area (Å²) in [6, 6.07) is 8.19. The molecule has 0 bridgehead atoms. The fourth-order valence-electron chi connectivity index (χ4n) is 3.28. The molecule has 0 amide bonds. The van der Waals surface area contributed by atoms with E-state index in [1.54, 1.807) is 7.11 Å². The Bertz CT molecular complexity index is 588. The van der Waals surface area contributed by atoms with E-state index in [0.717, 1.165) is 16.3 Å². The van der Waals surface area contributed by atoms with Crippen molar-refractivity contribution < 1.29 is 4.74 Å². The Kier molecular flexibility index (Phi) is 4.02. The fourth-order valence-corrected chi connectivity index (χ4v) is 3.49. The highest BCUT2D eigenvalue weighted by Gasteiger charge is 2.38. The Hall–Kier alpha value is -1.21. The molecule has 0 N–H and O–H groups in total. The minimum atomic E-state index is 0.123. The number of allylic oxidation sites excluding steroid dienone is 4. The summed E-state index contributed by atoms with van der Waals surface area (Å²) in [4.78, 5) is 0. The minimum Gasteiger partial charge on any atom is -0.496 e. The highest BCUT2D eigenvalue weighted by Crippen LogP contribution is 2.52. The van der Waals surface area contributed by atoms with E-state index in [0.29, 0.717) is 5.92 Å². The number of rotatable bonds is 2. The third-order valence-electron chi connectivity index (χ3n) is 4.06. The standard InChI is InChI=1S/C18H23ClO/c1-11-15(13-9-7-8-10-14(13)20-6)16(18(3,4)5)12(2)17(11)19/h7-10,16H,1-6H3. The van der Waals surface area contributed by atoms with Crippen LogP contribution in [0.4, 0.5) is 0 Å². The highest BCUT2D eigenvalue weighted by molar-refractivity contribution is 6.33. The molecule has 1 aliphatic carbocycles. The van der Waals surface area contributed by atoms with Gasteiger partial charge in [-0.25, -0.2) is 0 Å². The number of hydrogen-bond donors (Lipinski definition) is 0. The molecule has 0 aliphatic heterocycles. The summed E-state index contributed by atoms with van der Waals surface area (Å²) in [5, 5.41) is 0.908. The van der Waals surface area contributed by atoms with E-state index in [1.807, 2.05) is 12.1 Å². The van der Waals surface area contributed by atoms with Gasteiger partial charge in [0.1, 0.15) is 5.75 Å². The van der Waals surface area contributed by atoms with Crippen molar-refractivity contribution in [2.45, 2.75) is 34.6 Å². The van der Waals surface area contributed by atoms with Crippen LogP contribution in [-0.2, 0) is 0 Å². The Balaban J connectivity index is 2.66. The van der Waals surface area contributed by atoms with Crippen molar-refractivity contribution in [1.82, 2.24) is 0 Å². The van der Waals surface area contributed by atoms with Gasteiger partial charge < -0.3 is 4.74 Å². The number of hydrogen-bond acceptors (Lipinski definition) is 1. The largest absolute Gasteiger partial charge is 0.496 e. The smallest absolute Gasteiger partial charge is 0.126 e. The first-order valence-electron chi connectivity index (χ1n) is 6.99. The molecule has 1 aromatic carbocycles. The number of ether oxygens (including phenoxy) is 1. The molecule has 1 unspecified atom stereocenters. The average Bonchev–Trinajstić information content (AvgIpc) is 2.62. The summed E-state index contributed by atoms with van der Waals surface area (Å²) >= 11 is 6.54. The number of benzene rings is 1. The number of para-hydroxylation sites is 1. The highest BCUT2D eigenvalue weighted by atomic mass is 35.5. The van der Waals surface area contributed by atoms with Crippen LogP contribution in [0.25, 0.3) is 5.57 Å². The van der Waals surface area contributed by atoms with E-state index in [9.17, 15) is 0 Å². The molecule has 0 radical (unpaired) electrons. The quantitative estimate of drug-likeness (QED) is 0.683. The summed E-state index contributed by atoms with van der Waals surface area (Å²) in [6.07, 6.45) is 0. The Morgan fingerprint density at radius 1 is 1.10 bits per heavy atom. The normalized spacial score (nSPS) is 19.9. The fraction of sp³-hybridized carbons (Fsp3) is 0.444. The van der Waals surface area contributed by atoms with E-state index in [4.69, 9.17) is 16.3 Å². The molecule has 0 spiro atoms. The lowest BCUT2D eigenvalue weighted by Crippen LogP contribution is -2.21. The van der Waals surface area contributed by atoms with Crippen LogP contribution >= 0.6 is 11.6 Å². The molecule has 0 saturated heterocycles. The Labute approximate surface area is 127 Å². The molecule has 1 atom stereocenters. The molecule has 0 aromatic heterocycles. The molecule has 1 nitrogen and oxygen atoms in total. The lowest BCUT2D eigenvalue weighted by atomic mass is 9.72. The van der Waals surface area contributed by atoms with Crippen LogP contribution in [0.15, 0.2) is 40.4 Å². The molecule has 108 valence electrons. The van der Waals surface area contributed by atoms with Gasteiger partial charge in [-0.1, -0.05) is 50.6 Å². The van der Waals surface area contributed by atoms with Gasteiger partial charge in [-0.3, -0.25) is 0 Å². The molecular weight excluding hydrogens is 268 g/mol. The number of methoxy groups -OCH3 is 1. The van der Waals surface area contributed by atoms with Gasteiger partial charge in [-0.05, 0) is 42.0 Å². The maximum Gasteiger partial charge on any atom is 0.126 e. The van der Waals surface area contributed by atoms with Crippen molar-refractivity contribution in [2.24, 2.45) is 11.3 Å². The van der Waals surface area contributed by atoms with Crippen LogP contribution in [0.5, 0.6) is 5.75 Å².